The third kappa shape index (κ3) is 4.27. The zero-order chi connectivity index (χ0) is 20.9. The second kappa shape index (κ2) is 8.69. The van der Waals surface area contributed by atoms with Crippen molar-refractivity contribution in [3.8, 4) is 0 Å². The maximum absolute atomic E-state index is 12.7. The van der Waals surface area contributed by atoms with Crippen molar-refractivity contribution in [2.45, 2.75) is 19.8 Å². The van der Waals surface area contributed by atoms with Crippen LogP contribution in [-0.4, -0.2) is 28.5 Å². The number of ether oxygens (including phenoxy) is 1. The monoisotopic (exact) mass is 399 g/mol. The van der Waals surface area contributed by atoms with Crippen LogP contribution in [0.15, 0.2) is 66.7 Å². The second-order valence-electron chi connectivity index (χ2n) is 6.94. The number of unbranched alkanes of at least 4 members (excludes halogenated alkanes) is 1. The molecular formula is C24H21N3O3. The second-order valence-corrected chi connectivity index (χ2v) is 6.94. The number of fused-ring (bicyclic) bond motifs is 2. The largest absolute Gasteiger partial charge is 0.462 e. The number of rotatable bonds is 6. The molecule has 4 aromatic rings. The van der Waals surface area contributed by atoms with Gasteiger partial charge in [0.25, 0.3) is 5.91 Å². The Morgan fingerprint density at radius 3 is 2.33 bits per heavy atom. The molecule has 0 spiro atoms. The summed E-state index contributed by atoms with van der Waals surface area (Å²) in [6.45, 7) is 2.42. The Morgan fingerprint density at radius 1 is 0.833 bits per heavy atom. The number of aromatic nitrogens is 2. The van der Waals surface area contributed by atoms with Gasteiger partial charge in [-0.05, 0) is 55.0 Å². The predicted octanol–water partition coefficient (Wildman–Crippen LogP) is 4.99. The van der Waals surface area contributed by atoms with Crippen LogP contribution in [0.1, 0.15) is 40.5 Å². The van der Waals surface area contributed by atoms with E-state index in [1.165, 1.54) is 0 Å². The van der Waals surface area contributed by atoms with Crippen molar-refractivity contribution in [1.82, 2.24) is 9.97 Å². The van der Waals surface area contributed by atoms with Gasteiger partial charge in [0.05, 0.1) is 34.2 Å². The van der Waals surface area contributed by atoms with Gasteiger partial charge in [0.2, 0.25) is 0 Å². The molecule has 3 aromatic carbocycles. The number of esters is 1. The van der Waals surface area contributed by atoms with Gasteiger partial charge in [-0.15, -0.1) is 0 Å². The van der Waals surface area contributed by atoms with Crippen LogP contribution in [0.25, 0.3) is 22.1 Å². The number of nitrogens with zero attached hydrogens (tertiary/aromatic N) is 2. The van der Waals surface area contributed by atoms with Crippen molar-refractivity contribution in [3.05, 3.63) is 77.9 Å². The van der Waals surface area contributed by atoms with Crippen molar-refractivity contribution in [1.29, 1.82) is 0 Å². The van der Waals surface area contributed by atoms with E-state index < -0.39 is 5.97 Å². The van der Waals surface area contributed by atoms with Crippen LogP contribution in [0.4, 0.5) is 5.69 Å². The van der Waals surface area contributed by atoms with Gasteiger partial charge >= 0.3 is 5.97 Å². The minimum atomic E-state index is -0.396. The zero-order valence-corrected chi connectivity index (χ0v) is 16.6. The van der Waals surface area contributed by atoms with Gasteiger partial charge in [-0.2, -0.15) is 0 Å². The first-order valence-corrected chi connectivity index (χ1v) is 9.89. The van der Waals surface area contributed by atoms with Gasteiger partial charge < -0.3 is 10.1 Å². The average molecular weight is 399 g/mol. The molecule has 0 aliphatic heterocycles. The third-order valence-electron chi connectivity index (χ3n) is 4.69. The van der Waals surface area contributed by atoms with E-state index in [-0.39, 0.29) is 5.91 Å². The highest BCUT2D eigenvalue weighted by molar-refractivity contribution is 6.06. The fourth-order valence-electron chi connectivity index (χ4n) is 3.08. The van der Waals surface area contributed by atoms with Crippen molar-refractivity contribution in [2.24, 2.45) is 0 Å². The van der Waals surface area contributed by atoms with Gasteiger partial charge in [0.1, 0.15) is 0 Å². The van der Waals surface area contributed by atoms with Gasteiger partial charge in [0, 0.05) is 11.3 Å². The topological polar surface area (TPSA) is 81.2 Å². The number of carbonyl (C=O) groups is 2. The number of hydrogen-bond donors (Lipinski definition) is 1. The molecule has 1 amide bonds. The molecule has 0 saturated heterocycles. The highest BCUT2D eigenvalue weighted by Crippen LogP contribution is 2.19. The molecule has 30 heavy (non-hydrogen) atoms. The smallest absolute Gasteiger partial charge is 0.338 e. The number of nitrogens with one attached hydrogen (secondary N) is 1. The molecule has 150 valence electrons. The van der Waals surface area contributed by atoms with Gasteiger partial charge in [-0.25, -0.2) is 14.8 Å². The van der Waals surface area contributed by atoms with Gasteiger partial charge in [-0.3, -0.25) is 4.79 Å². The van der Waals surface area contributed by atoms with E-state index in [1.54, 1.807) is 42.5 Å². The molecule has 0 aliphatic rings. The first-order valence-electron chi connectivity index (χ1n) is 9.89. The van der Waals surface area contributed by atoms with Crippen LogP contribution in [0.2, 0.25) is 0 Å². The molecule has 4 rings (SSSR count). The summed E-state index contributed by atoms with van der Waals surface area (Å²) in [5.41, 5.74) is 4.34. The highest BCUT2D eigenvalue weighted by atomic mass is 16.5. The molecule has 0 bridgehead atoms. The third-order valence-corrected chi connectivity index (χ3v) is 4.69. The molecule has 0 radical (unpaired) electrons. The lowest BCUT2D eigenvalue weighted by Gasteiger charge is -2.09. The van der Waals surface area contributed by atoms with Crippen molar-refractivity contribution in [3.63, 3.8) is 0 Å². The maximum Gasteiger partial charge on any atom is 0.338 e. The minimum Gasteiger partial charge on any atom is -0.462 e. The summed E-state index contributed by atoms with van der Waals surface area (Å²) in [4.78, 5) is 34.0. The number of hydrogen-bond acceptors (Lipinski definition) is 5. The average Bonchev–Trinajstić information content (AvgIpc) is 2.77. The molecular weight excluding hydrogens is 378 g/mol. The fraction of sp³-hybridized carbons (Fsp3) is 0.167. The van der Waals surface area contributed by atoms with Crippen LogP contribution >= 0.6 is 0 Å². The number of para-hydroxylation sites is 2. The Labute approximate surface area is 173 Å². The molecule has 0 aliphatic carbocycles. The molecule has 6 nitrogen and oxygen atoms in total. The summed E-state index contributed by atoms with van der Waals surface area (Å²) in [6.07, 6.45) is 1.78. The normalized spacial score (nSPS) is 10.8. The molecule has 0 fully saturated rings. The van der Waals surface area contributed by atoms with Crippen molar-refractivity contribution >= 4 is 39.6 Å². The van der Waals surface area contributed by atoms with Gasteiger partial charge in [-0.1, -0.05) is 31.5 Å². The number of benzene rings is 3. The van der Waals surface area contributed by atoms with E-state index >= 15 is 0 Å². The van der Waals surface area contributed by atoms with E-state index in [4.69, 9.17) is 4.74 Å². The molecule has 1 N–H and O–H groups in total. The van der Waals surface area contributed by atoms with E-state index in [0.29, 0.717) is 28.9 Å². The van der Waals surface area contributed by atoms with Crippen LogP contribution in [-0.2, 0) is 4.74 Å². The molecule has 6 heteroatoms. The summed E-state index contributed by atoms with van der Waals surface area (Å²) in [5, 5.41) is 2.83. The van der Waals surface area contributed by atoms with E-state index in [9.17, 15) is 9.59 Å². The lowest BCUT2D eigenvalue weighted by molar-refractivity contribution is 0.0499. The Bertz CT molecular complexity index is 1240. The standard InChI is InChI=1S/C24H21N3O3/c1-2-3-13-30-24(29)17-7-6-8-18(14-17)25-23(28)16-11-12-21-22(15-16)27-20-10-5-4-9-19(20)26-21/h4-12,14-15H,2-3,13H2,1H3,(H,25,28). The first-order chi connectivity index (χ1) is 14.6. The van der Waals surface area contributed by atoms with E-state index in [0.717, 1.165) is 29.4 Å². The maximum atomic E-state index is 12.7. The lowest BCUT2D eigenvalue weighted by Crippen LogP contribution is -2.13. The van der Waals surface area contributed by atoms with Crippen LogP contribution in [0.5, 0.6) is 0 Å². The Kier molecular flexibility index (Phi) is 5.66. The molecule has 0 unspecified atom stereocenters. The van der Waals surface area contributed by atoms with E-state index in [1.807, 2.05) is 31.2 Å². The van der Waals surface area contributed by atoms with Crippen LogP contribution < -0.4 is 5.32 Å². The highest BCUT2D eigenvalue weighted by Gasteiger charge is 2.12. The van der Waals surface area contributed by atoms with Crippen LogP contribution in [0.3, 0.4) is 0 Å². The summed E-state index contributed by atoms with van der Waals surface area (Å²) < 4.78 is 5.23. The zero-order valence-electron chi connectivity index (χ0n) is 16.6. The van der Waals surface area contributed by atoms with Crippen molar-refractivity contribution in [2.75, 3.05) is 11.9 Å². The first kappa shape index (κ1) is 19.5. The fourth-order valence-corrected chi connectivity index (χ4v) is 3.08. The summed E-state index contributed by atoms with van der Waals surface area (Å²) >= 11 is 0. The summed E-state index contributed by atoms with van der Waals surface area (Å²) in [7, 11) is 0. The molecule has 0 saturated carbocycles. The van der Waals surface area contributed by atoms with Crippen molar-refractivity contribution < 1.29 is 14.3 Å². The molecule has 0 atom stereocenters. The predicted molar refractivity (Wildman–Crippen MR) is 117 cm³/mol. The lowest BCUT2D eigenvalue weighted by atomic mass is 10.1. The Balaban J connectivity index is 1.53. The number of anilines is 1. The Hall–Kier alpha value is -3.80. The molecule has 1 heterocycles. The molecule has 1 aromatic heterocycles. The summed E-state index contributed by atoms with van der Waals surface area (Å²) in [5.74, 6) is -0.684. The van der Waals surface area contributed by atoms with Gasteiger partial charge in [0.15, 0.2) is 0 Å². The Morgan fingerprint density at radius 2 is 1.57 bits per heavy atom. The van der Waals surface area contributed by atoms with E-state index in [2.05, 4.69) is 15.3 Å². The SMILES string of the molecule is CCCCOC(=O)c1cccc(NC(=O)c2ccc3nc4ccccc4nc3c2)c1. The number of amides is 1. The minimum absolute atomic E-state index is 0.289. The quantitative estimate of drug-likeness (QED) is 0.281. The number of carbonyl (C=O) groups excluding carboxylic acids is 2. The van der Waals surface area contributed by atoms with Crippen LogP contribution in [0, 0.1) is 0 Å². The summed E-state index contributed by atoms with van der Waals surface area (Å²) in [6, 6.07) is 19.5.